The van der Waals surface area contributed by atoms with Crippen LogP contribution in [0.25, 0.3) is 0 Å². The summed E-state index contributed by atoms with van der Waals surface area (Å²) >= 11 is 0. The van der Waals surface area contributed by atoms with Gasteiger partial charge in [0.2, 0.25) is 5.91 Å². The summed E-state index contributed by atoms with van der Waals surface area (Å²) in [6.45, 7) is 10.4. The normalized spacial score (nSPS) is 17.4. The maximum atomic E-state index is 12.9. The zero-order valence-electron chi connectivity index (χ0n) is 24.5. The molecular formula is C29H41N3O9. The highest BCUT2D eigenvalue weighted by molar-refractivity contribution is 5.99. The summed E-state index contributed by atoms with van der Waals surface area (Å²) in [6, 6.07) is 6.58. The lowest BCUT2D eigenvalue weighted by Crippen LogP contribution is -2.56. The molecule has 3 rings (SSSR count). The molecule has 2 aliphatic heterocycles. The van der Waals surface area contributed by atoms with Gasteiger partial charge in [0.15, 0.2) is 12.4 Å². The van der Waals surface area contributed by atoms with Crippen molar-refractivity contribution in [2.24, 2.45) is 5.92 Å². The van der Waals surface area contributed by atoms with Crippen LogP contribution in [0.3, 0.4) is 0 Å². The summed E-state index contributed by atoms with van der Waals surface area (Å²) in [5.41, 5.74) is 0.449. The molecule has 1 atom stereocenters. The summed E-state index contributed by atoms with van der Waals surface area (Å²) in [7, 11) is 0. The first-order valence-corrected chi connectivity index (χ1v) is 14.0. The van der Waals surface area contributed by atoms with Gasteiger partial charge >= 0.3 is 18.0 Å². The maximum Gasteiger partial charge on any atom is 0.412 e. The number of ether oxygens (including phenoxy) is 4. The molecule has 1 aromatic rings. The molecule has 41 heavy (non-hydrogen) atoms. The van der Waals surface area contributed by atoms with Crippen molar-refractivity contribution in [1.29, 1.82) is 0 Å². The number of nitrogens with zero attached hydrogens (tertiary/aromatic N) is 3. The van der Waals surface area contributed by atoms with E-state index in [1.54, 1.807) is 61.8 Å². The topological polar surface area (TPSA) is 132 Å². The van der Waals surface area contributed by atoms with Gasteiger partial charge in [-0.05, 0) is 51.0 Å². The molecule has 1 aromatic carbocycles. The molecule has 12 heteroatoms. The van der Waals surface area contributed by atoms with Crippen molar-refractivity contribution in [3.05, 3.63) is 29.8 Å². The SMILES string of the molecule is CC(=O)OC(OC(=O)N1CCC(N2CCN(CC(=O)c3ccc(OCC(=O)OC(C)C)cc3)C(=O)C2)CC1)C(C)C. The summed E-state index contributed by atoms with van der Waals surface area (Å²) in [5.74, 6) is -1.01. The van der Waals surface area contributed by atoms with Crippen molar-refractivity contribution in [3.63, 3.8) is 0 Å². The van der Waals surface area contributed by atoms with Crippen molar-refractivity contribution in [2.45, 2.75) is 65.9 Å². The largest absolute Gasteiger partial charge is 0.482 e. The molecule has 12 nitrogen and oxygen atoms in total. The number of amides is 2. The van der Waals surface area contributed by atoms with Crippen LogP contribution in [0.5, 0.6) is 5.75 Å². The highest BCUT2D eigenvalue weighted by atomic mass is 16.7. The first-order valence-electron chi connectivity index (χ1n) is 14.0. The molecule has 226 valence electrons. The minimum atomic E-state index is -0.933. The van der Waals surface area contributed by atoms with Crippen LogP contribution in [-0.4, -0.2) is 109 Å². The third-order valence-corrected chi connectivity index (χ3v) is 6.87. The van der Waals surface area contributed by atoms with Gasteiger partial charge < -0.3 is 28.7 Å². The van der Waals surface area contributed by atoms with Crippen molar-refractivity contribution >= 4 is 29.7 Å². The number of benzene rings is 1. The molecule has 2 fully saturated rings. The number of esters is 2. The van der Waals surface area contributed by atoms with Crippen LogP contribution >= 0.6 is 0 Å². The number of carbonyl (C=O) groups excluding carboxylic acids is 5. The fourth-order valence-corrected chi connectivity index (χ4v) is 4.69. The summed E-state index contributed by atoms with van der Waals surface area (Å²) < 4.78 is 20.9. The zero-order valence-corrected chi connectivity index (χ0v) is 24.5. The van der Waals surface area contributed by atoms with Crippen LogP contribution in [0, 0.1) is 5.92 Å². The third kappa shape index (κ3) is 9.73. The van der Waals surface area contributed by atoms with Gasteiger partial charge in [0, 0.05) is 50.6 Å². The average molecular weight is 576 g/mol. The van der Waals surface area contributed by atoms with Gasteiger partial charge in [-0.1, -0.05) is 13.8 Å². The van der Waals surface area contributed by atoms with Gasteiger partial charge in [0.1, 0.15) is 5.75 Å². The number of ketones is 1. The zero-order chi connectivity index (χ0) is 30.1. The van der Waals surface area contributed by atoms with Crippen molar-refractivity contribution in [1.82, 2.24) is 14.7 Å². The second kappa shape index (κ2) is 14.8. The molecule has 2 amide bonds. The molecule has 2 aliphatic rings. The van der Waals surface area contributed by atoms with Gasteiger partial charge in [-0.3, -0.25) is 19.3 Å². The number of rotatable bonds is 11. The van der Waals surface area contributed by atoms with Gasteiger partial charge in [-0.15, -0.1) is 0 Å². The number of piperazine rings is 1. The van der Waals surface area contributed by atoms with E-state index in [0.29, 0.717) is 50.3 Å². The monoisotopic (exact) mass is 575 g/mol. The molecule has 0 N–H and O–H groups in total. The maximum absolute atomic E-state index is 12.9. The molecule has 0 spiro atoms. The van der Waals surface area contributed by atoms with Crippen molar-refractivity contribution in [2.75, 3.05) is 45.9 Å². The highest BCUT2D eigenvalue weighted by Crippen LogP contribution is 2.21. The first kappa shape index (κ1) is 31.9. The number of piperidine rings is 1. The molecule has 0 aromatic heterocycles. The Bertz CT molecular complexity index is 1080. The lowest BCUT2D eigenvalue weighted by molar-refractivity contribution is -0.174. The number of Topliss-reactive ketones (excluding diaryl/α,β-unsaturated/α-hetero) is 1. The number of likely N-dealkylation sites (tertiary alicyclic amines) is 1. The minimum absolute atomic E-state index is 0.0166. The van der Waals surface area contributed by atoms with E-state index >= 15 is 0 Å². The fraction of sp³-hybridized carbons (Fsp3) is 0.621. The van der Waals surface area contributed by atoms with Crippen LogP contribution in [-0.2, 0) is 28.6 Å². The summed E-state index contributed by atoms with van der Waals surface area (Å²) in [5, 5.41) is 0. The van der Waals surface area contributed by atoms with E-state index in [1.807, 2.05) is 0 Å². The van der Waals surface area contributed by atoms with Crippen LogP contribution in [0.1, 0.15) is 57.8 Å². The van der Waals surface area contributed by atoms with E-state index in [2.05, 4.69) is 4.90 Å². The Labute approximate surface area is 240 Å². The molecule has 2 heterocycles. The van der Waals surface area contributed by atoms with Crippen LogP contribution in [0.2, 0.25) is 0 Å². The lowest BCUT2D eigenvalue weighted by atomic mass is 10.0. The van der Waals surface area contributed by atoms with Crippen LogP contribution in [0.4, 0.5) is 4.79 Å². The number of hydrogen-bond donors (Lipinski definition) is 0. The van der Waals surface area contributed by atoms with E-state index in [0.717, 1.165) is 0 Å². The van der Waals surface area contributed by atoms with E-state index < -0.39 is 24.3 Å². The predicted molar refractivity (Wildman–Crippen MR) is 147 cm³/mol. The smallest absolute Gasteiger partial charge is 0.412 e. The number of carbonyl (C=O) groups is 5. The second-order valence-corrected chi connectivity index (χ2v) is 10.9. The minimum Gasteiger partial charge on any atom is -0.482 e. The Morgan fingerprint density at radius 2 is 1.56 bits per heavy atom. The standard InChI is InChI=1S/C29H41N3O9/c1-19(2)28(40-21(5)33)41-29(37)30-12-10-23(11-13-30)31-14-15-32(26(35)17-31)16-25(34)22-6-8-24(9-7-22)38-18-27(36)39-20(3)4/h6-9,19-20,23,28H,10-18H2,1-5H3. The van der Waals surface area contributed by atoms with E-state index in [4.69, 9.17) is 18.9 Å². The number of hydrogen-bond acceptors (Lipinski definition) is 10. The third-order valence-electron chi connectivity index (χ3n) is 6.87. The van der Waals surface area contributed by atoms with Gasteiger partial charge in [0.05, 0.1) is 19.2 Å². The molecule has 0 saturated carbocycles. The summed E-state index contributed by atoms with van der Waals surface area (Å²) in [4.78, 5) is 66.5. The molecule has 0 aliphatic carbocycles. The Morgan fingerprint density at radius 1 is 0.902 bits per heavy atom. The predicted octanol–water partition coefficient (Wildman–Crippen LogP) is 2.49. The van der Waals surface area contributed by atoms with Gasteiger partial charge in [-0.2, -0.15) is 0 Å². The van der Waals surface area contributed by atoms with Crippen molar-refractivity contribution < 1.29 is 42.9 Å². The average Bonchev–Trinajstić information content (AvgIpc) is 2.92. The Hall–Kier alpha value is -3.67. The van der Waals surface area contributed by atoms with Gasteiger partial charge in [0.25, 0.3) is 6.29 Å². The van der Waals surface area contributed by atoms with E-state index in [-0.39, 0.29) is 49.5 Å². The molecule has 0 radical (unpaired) electrons. The quantitative estimate of drug-likeness (QED) is 0.220. The molecule has 2 saturated heterocycles. The fourth-order valence-electron chi connectivity index (χ4n) is 4.69. The Kier molecular flexibility index (Phi) is 11.5. The molecule has 0 bridgehead atoms. The van der Waals surface area contributed by atoms with Gasteiger partial charge in [-0.25, -0.2) is 9.59 Å². The van der Waals surface area contributed by atoms with E-state index in [9.17, 15) is 24.0 Å². The Balaban J connectivity index is 1.42. The lowest BCUT2D eigenvalue weighted by Gasteiger charge is -2.42. The second-order valence-electron chi connectivity index (χ2n) is 10.9. The highest BCUT2D eigenvalue weighted by Gasteiger charge is 2.34. The Morgan fingerprint density at radius 3 is 2.12 bits per heavy atom. The van der Waals surface area contributed by atoms with Crippen molar-refractivity contribution in [3.8, 4) is 5.75 Å². The first-order chi connectivity index (χ1) is 19.4. The van der Waals surface area contributed by atoms with Crippen LogP contribution in [0.15, 0.2) is 24.3 Å². The molecular weight excluding hydrogens is 534 g/mol. The van der Waals surface area contributed by atoms with E-state index in [1.165, 1.54) is 6.92 Å². The van der Waals surface area contributed by atoms with Crippen LogP contribution < -0.4 is 4.74 Å². The molecule has 1 unspecified atom stereocenters. The summed E-state index contributed by atoms with van der Waals surface area (Å²) in [6.07, 6.45) is -0.303.